The molecule has 4 heteroatoms. The third-order valence-electron chi connectivity index (χ3n) is 3.50. The molecule has 2 rings (SSSR count). The number of nitrogens with zero attached hydrogens (tertiary/aromatic N) is 1. The summed E-state index contributed by atoms with van der Waals surface area (Å²) in [5.74, 6) is 0. The summed E-state index contributed by atoms with van der Waals surface area (Å²) >= 11 is 0. The number of ether oxygens (including phenoxy) is 2. The lowest BCUT2D eigenvalue weighted by Gasteiger charge is -2.34. The Morgan fingerprint density at radius 3 is 2.81 bits per heavy atom. The minimum Gasteiger partial charge on any atom is -0.374 e. The van der Waals surface area contributed by atoms with Gasteiger partial charge in [0.15, 0.2) is 0 Å². The summed E-state index contributed by atoms with van der Waals surface area (Å²) in [6, 6.07) is 0. The SMILES string of the molecule is CC1(C)CCC(CN2CCOC(CN)C2)O1. The average Bonchev–Trinajstić information content (AvgIpc) is 2.58. The highest BCUT2D eigenvalue weighted by atomic mass is 16.5. The largest absolute Gasteiger partial charge is 0.374 e. The molecule has 2 fully saturated rings. The van der Waals surface area contributed by atoms with Gasteiger partial charge in [0.2, 0.25) is 0 Å². The molecule has 16 heavy (non-hydrogen) atoms. The smallest absolute Gasteiger partial charge is 0.0824 e. The highest BCUT2D eigenvalue weighted by Crippen LogP contribution is 2.29. The van der Waals surface area contributed by atoms with E-state index in [4.69, 9.17) is 15.2 Å². The third kappa shape index (κ3) is 3.17. The van der Waals surface area contributed by atoms with E-state index in [1.807, 2.05) is 0 Å². The molecule has 0 saturated carbocycles. The molecular weight excluding hydrogens is 204 g/mol. The minimum absolute atomic E-state index is 0.0736. The van der Waals surface area contributed by atoms with E-state index in [9.17, 15) is 0 Å². The molecule has 2 atom stereocenters. The molecule has 0 bridgehead atoms. The van der Waals surface area contributed by atoms with E-state index in [0.29, 0.717) is 12.6 Å². The van der Waals surface area contributed by atoms with Crippen LogP contribution in [0.25, 0.3) is 0 Å². The summed E-state index contributed by atoms with van der Waals surface area (Å²) in [7, 11) is 0. The Balaban J connectivity index is 1.77. The van der Waals surface area contributed by atoms with Crippen LogP contribution in [0.1, 0.15) is 26.7 Å². The van der Waals surface area contributed by atoms with Crippen molar-refractivity contribution in [3.05, 3.63) is 0 Å². The Morgan fingerprint density at radius 2 is 2.19 bits per heavy atom. The van der Waals surface area contributed by atoms with Crippen molar-refractivity contribution in [1.82, 2.24) is 4.90 Å². The first-order valence-corrected chi connectivity index (χ1v) is 6.31. The second-order valence-corrected chi connectivity index (χ2v) is 5.53. The van der Waals surface area contributed by atoms with Crippen LogP contribution in [-0.2, 0) is 9.47 Å². The maximum absolute atomic E-state index is 6.01. The summed E-state index contributed by atoms with van der Waals surface area (Å²) in [4.78, 5) is 2.42. The highest BCUT2D eigenvalue weighted by Gasteiger charge is 2.33. The molecule has 0 spiro atoms. The monoisotopic (exact) mass is 228 g/mol. The van der Waals surface area contributed by atoms with Gasteiger partial charge in [-0.15, -0.1) is 0 Å². The van der Waals surface area contributed by atoms with Crippen molar-refractivity contribution < 1.29 is 9.47 Å². The molecular formula is C12H24N2O2. The molecule has 0 aromatic heterocycles. The van der Waals surface area contributed by atoms with Gasteiger partial charge in [0.25, 0.3) is 0 Å². The predicted molar refractivity (Wildman–Crippen MR) is 63.4 cm³/mol. The van der Waals surface area contributed by atoms with Crippen molar-refractivity contribution in [2.45, 2.75) is 44.5 Å². The van der Waals surface area contributed by atoms with Crippen LogP contribution < -0.4 is 5.73 Å². The van der Waals surface area contributed by atoms with Crippen LogP contribution in [0.3, 0.4) is 0 Å². The van der Waals surface area contributed by atoms with Crippen molar-refractivity contribution in [3.63, 3.8) is 0 Å². The topological polar surface area (TPSA) is 47.7 Å². The van der Waals surface area contributed by atoms with E-state index in [1.165, 1.54) is 12.8 Å². The van der Waals surface area contributed by atoms with Gasteiger partial charge in [-0.25, -0.2) is 0 Å². The minimum atomic E-state index is 0.0736. The van der Waals surface area contributed by atoms with E-state index >= 15 is 0 Å². The second-order valence-electron chi connectivity index (χ2n) is 5.53. The fourth-order valence-corrected chi connectivity index (χ4v) is 2.58. The summed E-state index contributed by atoms with van der Waals surface area (Å²) < 4.78 is 11.6. The van der Waals surface area contributed by atoms with Crippen LogP contribution >= 0.6 is 0 Å². The van der Waals surface area contributed by atoms with E-state index < -0.39 is 0 Å². The predicted octanol–water partition coefficient (Wildman–Crippen LogP) is 0.604. The first-order chi connectivity index (χ1) is 7.59. The van der Waals surface area contributed by atoms with Gasteiger partial charge in [0.05, 0.1) is 24.4 Å². The molecule has 0 aliphatic carbocycles. The van der Waals surface area contributed by atoms with Crippen LogP contribution in [0.15, 0.2) is 0 Å². The summed E-state index contributed by atoms with van der Waals surface area (Å²) in [5, 5.41) is 0. The van der Waals surface area contributed by atoms with Crippen molar-refractivity contribution >= 4 is 0 Å². The van der Waals surface area contributed by atoms with Gasteiger partial charge in [-0.1, -0.05) is 0 Å². The van der Waals surface area contributed by atoms with Gasteiger partial charge < -0.3 is 15.2 Å². The van der Waals surface area contributed by atoms with Gasteiger partial charge in [0.1, 0.15) is 0 Å². The Hall–Kier alpha value is -0.160. The molecule has 0 aromatic rings. The van der Waals surface area contributed by atoms with Gasteiger partial charge in [-0.3, -0.25) is 4.90 Å². The van der Waals surface area contributed by atoms with Crippen LogP contribution in [0, 0.1) is 0 Å². The summed E-state index contributed by atoms with van der Waals surface area (Å²) in [5.41, 5.74) is 5.71. The molecule has 2 unspecified atom stereocenters. The maximum atomic E-state index is 6.01. The summed E-state index contributed by atoms with van der Waals surface area (Å²) in [6.07, 6.45) is 2.95. The standard InChI is InChI=1S/C12H24N2O2/c1-12(2)4-3-10(16-12)8-14-5-6-15-11(7-13)9-14/h10-11H,3-9,13H2,1-2H3. The zero-order valence-electron chi connectivity index (χ0n) is 10.4. The quantitative estimate of drug-likeness (QED) is 0.768. The first kappa shape index (κ1) is 12.3. The van der Waals surface area contributed by atoms with Crippen LogP contribution in [0.5, 0.6) is 0 Å². The van der Waals surface area contributed by atoms with Crippen molar-refractivity contribution in [1.29, 1.82) is 0 Å². The molecule has 2 heterocycles. The van der Waals surface area contributed by atoms with Crippen LogP contribution in [-0.4, -0.2) is 55.5 Å². The van der Waals surface area contributed by atoms with Crippen LogP contribution in [0.4, 0.5) is 0 Å². The number of nitrogens with two attached hydrogens (primary N) is 1. The first-order valence-electron chi connectivity index (χ1n) is 6.31. The van der Waals surface area contributed by atoms with E-state index in [0.717, 1.165) is 26.2 Å². The Kier molecular flexibility index (Phi) is 3.85. The zero-order chi connectivity index (χ0) is 11.6. The number of hydrogen-bond donors (Lipinski definition) is 1. The van der Waals surface area contributed by atoms with E-state index in [-0.39, 0.29) is 11.7 Å². The molecule has 2 aliphatic heterocycles. The maximum Gasteiger partial charge on any atom is 0.0824 e. The van der Waals surface area contributed by atoms with Gasteiger partial charge >= 0.3 is 0 Å². The molecule has 0 amide bonds. The van der Waals surface area contributed by atoms with Crippen molar-refractivity contribution in [2.75, 3.05) is 32.8 Å². The van der Waals surface area contributed by atoms with Crippen molar-refractivity contribution in [2.24, 2.45) is 5.73 Å². The van der Waals surface area contributed by atoms with Gasteiger partial charge in [-0.05, 0) is 26.7 Å². The molecule has 94 valence electrons. The average molecular weight is 228 g/mol. The molecule has 0 radical (unpaired) electrons. The number of morpholine rings is 1. The van der Waals surface area contributed by atoms with Crippen molar-refractivity contribution in [3.8, 4) is 0 Å². The fraction of sp³-hybridized carbons (Fsp3) is 1.00. The molecule has 4 nitrogen and oxygen atoms in total. The van der Waals surface area contributed by atoms with Gasteiger partial charge in [-0.2, -0.15) is 0 Å². The highest BCUT2D eigenvalue weighted by molar-refractivity contribution is 4.84. The molecule has 2 N–H and O–H groups in total. The number of hydrogen-bond acceptors (Lipinski definition) is 4. The lowest BCUT2D eigenvalue weighted by atomic mass is 10.1. The third-order valence-corrected chi connectivity index (χ3v) is 3.50. The normalized spacial score (nSPS) is 35.4. The Labute approximate surface area is 98.1 Å². The van der Waals surface area contributed by atoms with E-state index in [1.54, 1.807) is 0 Å². The zero-order valence-corrected chi connectivity index (χ0v) is 10.4. The lowest BCUT2D eigenvalue weighted by Crippen LogP contribution is -2.48. The molecule has 2 aliphatic rings. The number of rotatable bonds is 3. The van der Waals surface area contributed by atoms with E-state index in [2.05, 4.69) is 18.7 Å². The lowest BCUT2D eigenvalue weighted by molar-refractivity contribution is -0.0618. The fourth-order valence-electron chi connectivity index (χ4n) is 2.58. The Bertz CT molecular complexity index is 233. The second kappa shape index (κ2) is 5.00. The Morgan fingerprint density at radius 1 is 1.38 bits per heavy atom. The van der Waals surface area contributed by atoms with Crippen LogP contribution in [0.2, 0.25) is 0 Å². The molecule has 2 saturated heterocycles. The summed E-state index contributed by atoms with van der Waals surface area (Å²) in [6.45, 7) is 8.77. The molecule has 0 aromatic carbocycles. The van der Waals surface area contributed by atoms with Gasteiger partial charge in [0, 0.05) is 26.2 Å².